The zero-order chi connectivity index (χ0) is 18.0. The minimum Gasteiger partial charge on any atom is -0.366 e. The third-order valence-electron chi connectivity index (χ3n) is 4.43. The molecule has 0 bridgehead atoms. The summed E-state index contributed by atoms with van der Waals surface area (Å²) in [6.07, 6.45) is 4.75. The van der Waals surface area contributed by atoms with Crippen molar-refractivity contribution in [2.45, 2.75) is 18.9 Å². The molecule has 0 aliphatic heterocycles. The quantitative estimate of drug-likeness (QED) is 0.534. The lowest BCUT2D eigenvalue weighted by atomic mass is 9.83. The summed E-state index contributed by atoms with van der Waals surface area (Å²) in [7, 11) is 0. The van der Waals surface area contributed by atoms with Crippen molar-refractivity contribution in [1.29, 1.82) is 0 Å². The molecule has 0 N–H and O–H groups in total. The standard InChI is InChI=1S/C23H29NO/c1-4-18-24(19-5-2)20-17-23(25-6-3,21-13-9-7-10-14-21)22-15-11-8-12-16-22/h4-5,7-16H,1-2,6,17-20H2,3H3. The zero-order valence-corrected chi connectivity index (χ0v) is 15.2. The fraction of sp³-hybridized carbons (Fsp3) is 0.304. The van der Waals surface area contributed by atoms with E-state index in [2.05, 4.69) is 73.5 Å². The first kappa shape index (κ1) is 19.2. The lowest BCUT2D eigenvalue weighted by molar-refractivity contribution is -0.0227. The first-order chi connectivity index (χ1) is 12.3. The minimum absolute atomic E-state index is 0.447. The molecule has 0 fully saturated rings. The summed E-state index contributed by atoms with van der Waals surface area (Å²) in [6, 6.07) is 21.1. The van der Waals surface area contributed by atoms with Gasteiger partial charge in [0.15, 0.2) is 0 Å². The Balaban J connectivity index is 2.40. The third-order valence-corrected chi connectivity index (χ3v) is 4.43. The zero-order valence-electron chi connectivity index (χ0n) is 15.2. The largest absolute Gasteiger partial charge is 0.366 e. The van der Waals surface area contributed by atoms with Gasteiger partial charge in [0.2, 0.25) is 0 Å². The Labute approximate surface area is 152 Å². The van der Waals surface area contributed by atoms with Crippen LogP contribution in [0.2, 0.25) is 0 Å². The molecule has 0 saturated heterocycles. The van der Waals surface area contributed by atoms with Crippen LogP contribution in [0.5, 0.6) is 0 Å². The van der Waals surface area contributed by atoms with Crippen molar-refractivity contribution in [2.75, 3.05) is 26.2 Å². The number of nitrogens with zero attached hydrogens (tertiary/aromatic N) is 1. The summed E-state index contributed by atoms with van der Waals surface area (Å²) in [5, 5.41) is 0. The molecule has 0 heterocycles. The normalized spacial score (nSPS) is 11.4. The summed E-state index contributed by atoms with van der Waals surface area (Å²) >= 11 is 0. The molecule has 0 aliphatic rings. The van der Waals surface area contributed by atoms with E-state index in [-0.39, 0.29) is 0 Å². The molecule has 2 aromatic rings. The highest BCUT2D eigenvalue weighted by atomic mass is 16.5. The van der Waals surface area contributed by atoms with Crippen LogP contribution in [-0.4, -0.2) is 31.1 Å². The smallest absolute Gasteiger partial charge is 0.119 e. The molecule has 2 aromatic carbocycles. The molecule has 0 spiro atoms. The van der Waals surface area contributed by atoms with Gasteiger partial charge in [0, 0.05) is 26.2 Å². The Morgan fingerprint density at radius 3 is 1.76 bits per heavy atom. The van der Waals surface area contributed by atoms with E-state index in [1.165, 1.54) is 11.1 Å². The molecule has 0 aliphatic carbocycles. The van der Waals surface area contributed by atoms with Crippen LogP contribution in [0, 0.1) is 0 Å². The highest BCUT2D eigenvalue weighted by Gasteiger charge is 2.35. The van der Waals surface area contributed by atoms with E-state index in [9.17, 15) is 0 Å². The predicted molar refractivity (Wildman–Crippen MR) is 107 cm³/mol. The highest BCUT2D eigenvalue weighted by molar-refractivity contribution is 5.36. The average molecular weight is 335 g/mol. The van der Waals surface area contributed by atoms with Crippen LogP contribution in [0.3, 0.4) is 0 Å². The monoisotopic (exact) mass is 335 g/mol. The van der Waals surface area contributed by atoms with Gasteiger partial charge < -0.3 is 4.74 Å². The highest BCUT2D eigenvalue weighted by Crippen LogP contribution is 2.37. The van der Waals surface area contributed by atoms with Crippen LogP contribution in [0.1, 0.15) is 24.5 Å². The molecule has 0 unspecified atom stereocenters. The van der Waals surface area contributed by atoms with E-state index in [1.54, 1.807) is 0 Å². The Bertz CT molecular complexity index is 586. The van der Waals surface area contributed by atoms with Gasteiger partial charge in [0.25, 0.3) is 0 Å². The summed E-state index contributed by atoms with van der Waals surface area (Å²) in [6.45, 7) is 13.1. The van der Waals surface area contributed by atoms with Gasteiger partial charge >= 0.3 is 0 Å². The van der Waals surface area contributed by atoms with E-state index >= 15 is 0 Å². The maximum absolute atomic E-state index is 6.43. The van der Waals surface area contributed by atoms with Crippen LogP contribution in [-0.2, 0) is 10.3 Å². The van der Waals surface area contributed by atoms with Crippen LogP contribution in [0.15, 0.2) is 86.0 Å². The second-order valence-electron chi connectivity index (χ2n) is 6.08. The van der Waals surface area contributed by atoms with Crippen molar-refractivity contribution < 1.29 is 4.74 Å². The van der Waals surface area contributed by atoms with Crippen molar-refractivity contribution >= 4 is 0 Å². The Kier molecular flexibility index (Phi) is 7.65. The number of rotatable bonds is 11. The Morgan fingerprint density at radius 1 is 0.880 bits per heavy atom. The first-order valence-corrected chi connectivity index (χ1v) is 8.96. The maximum atomic E-state index is 6.43. The van der Waals surface area contributed by atoms with E-state index in [0.717, 1.165) is 26.1 Å². The molecule has 2 nitrogen and oxygen atoms in total. The van der Waals surface area contributed by atoms with E-state index in [4.69, 9.17) is 4.74 Å². The number of hydrogen-bond donors (Lipinski definition) is 0. The first-order valence-electron chi connectivity index (χ1n) is 8.96. The minimum atomic E-state index is -0.447. The molecule has 0 aromatic heterocycles. The fourth-order valence-corrected chi connectivity index (χ4v) is 3.29. The molecule has 2 rings (SSSR count). The van der Waals surface area contributed by atoms with E-state index in [0.29, 0.717) is 6.61 Å². The summed E-state index contributed by atoms with van der Waals surface area (Å²) in [5.74, 6) is 0. The molecule has 0 amide bonds. The van der Waals surface area contributed by atoms with Gasteiger partial charge in [0.05, 0.1) is 0 Å². The molecular weight excluding hydrogens is 306 g/mol. The van der Waals surface area contributed by atoms with Crippen LogP contribution < -0.4 is 0 Å². The topological polar surface area (TPSA) is 12.5 Å². The van der Waals surface area contributed by atoms with E-state index < -0.39 is 5.60 Å². The number of hydrogen-bond acceptors (Lipinski definition) is 2. The predicted octanol–water partition coefficient (Wildman–Crippen LogP) is 5.03. The lowest BCUT2D eigenvalue weighted by Crippen LogP contribution is -2.37. The average Bonchev–Trinajstić information content (AvgIpc) is 2.67. The van der Waals surface area contributed by atoms with Gasteiger partial charge in [-0.2, -0.15) is 0 Å². The summed E-state index contributed by atoms with van der Waals surface area (Å²) in [4.78, 5) is 2.33. The van der Waals surface area contributed by atoms with Gasteiger partial charge in [0.1, 0.15) is 5.60 Å². The van der Waals surface area contributed by atoms with Gasteiger partial charge in [-0.25, -0.2) is 0 Å². The molecule has 2 heteroatoms. The van der Waals surface area contributed by atoms with E-state index in [1.807, 2.05) is 24.3 Å². The Hall–Kier alpha value is -2.16. The SMILES string of the molecule is C=CCN(CC=C)CCC(OCC)(c1ccccc1)c1ccccc1. The second kappa shape index (κ2) is 9.97. The third kappa shape index (κ3) is 4.91. The number of benzene rings is 2. The van der Waals surface area contributed by atoms with Crippen molar-refractivity contribution in [1.82, 2.24) is 4.90 Å². The maximum Gasteiger partial charge on any atom is 0.119 e. The molecule has 25 heavy (non-hydrogen) atoms. The van der Waals surface area contributed by atoms with Gasteiger partial charge in [-0.3, -0.25) is 4.90 Å². The molecule has 0 radical (unpaired) electrons. The van der Waals surface area contributed by atoms with Gasteiger partial charge in [-0.15, -0.1) is 13.2 Å². The van der Waals surface area contributed by atoms with Crippen LogP contribution >= 0.6 is 0 Å². The van der Waals surface area contributed by atoms with Crippen LogP contribution in [0.4, 0.5) is 0 Å². The molecule has 0 atom stereocenters. The fourth-order valence-electron chi connectivity index (χ4n) is 3.29. The molecule has 0 saturated carbocycles. The van der Waals surface area contributed by atoms with Crippen molar-refractivity contribution in [3.63, 3.8) is 0 Å². The van der Waals surface area contributed by atoms with Crippen LogP contribution in [0.25, 0.3) is 0 Å². The van der Waals surface area contributed by atoms with Crippen molar-refractivity contribution in [2.24, 2.45) is 0 Å². The Morgan fingerprint density at radius 2 is 1.36 bits per heavy atom. The molecular formula is C23H29NO. The summed E-state index contributed by atoms with van der Waals surface area (Å²) in [5.41, 5.74) is 1.94. The van der Waals surface area contributed by atoms with Gasteiger partial charge in [-0.1, -0.05) is 72.8 Å². The van der Waals surface area contributed by atoms with Crippen molar-refractivity contribution in [3.8, 4) is 0 Å². The second-order valence-corrected chi connectivity index (χ2v) is 6.08. The molecule has 132 valence electrons. The number of ether oxygens (including phenoxy) is 1. The lowest BCUT2D eigenvalue weighted by Gasteiger charge is -2.36. The summed E-state index contributed by atoms with van der Waals surface area (Å²) < 4.78 is 6.43. The van der Waals surface area contributed by atoms with Crippen molar-refractivity contribution in [3.05, 3.63) is 97.1 Å². The van der Waals surface area contributed by atoms with Gasteiger partial charge in [-0.05, 0) is 24.5 Å².